The van der Waals surface area contributed by atoms with Crippen molar-refractivity contribution in [3.05, 3.63) is 36.4 Å². The van der Waals surface area contributed by atoms with Gasteiger partial charge >= 0.3 is 0 Å². The van der Waals surface area contributed by atoms with Crippen molar-refractivity contribution in [2.24, 2.45) is 0 Å². The highest BCUT2D eigenvalue weighted by molar-refractivity contribution is 4.99. The summed E-state index contributed by atoms with van der Waals surface area (Å²) in [5, 5.41) is 8.64. The normalized spacial score (nSPS) is 10.2. The standard InChI is InChI=1S/C16H34O.C6H6/c1-2-3-4-5-6-7-8-9-10-11-12-13-14-15-16-17;1-2-4-6-5-3-1/h17H,2-16H2,1H3;1-6H. The predicted molar refractivity (Wildman–Crippen MR) is 104 cm³/mol. The van der Waals surface area contributed by atoms with E-state index < -0.39 is 0 Å². The van der Waals surface area contributed by atoms with Gasteiger partial charge in [-0.15, -0.1) is 0 Å². The van der Waals surface area contributed by atoms with E-state index in [1.165, 1.54) is 83.5 Å². The third-order valence-corrected chi connectivity index (χ3v) is 4.18. The molecule has 0 atom stereocenters. The van der Waals surface area contributed by atoms with Crippen LogP contribution in [0.1, 0.15) is 96.8 Å². The molecule has 0 aliphatic rings. The van der Waals surface area contributed by atoms with Gasteiger partial charge in [-0.25, -0.2) is 0 Å². The Morgan fingerprint density at radius 2 is 0.696 bits per heavy atom. The lowest BCUT2D eigenvalue weighted by molar-refractivity contribution is 0.282. The van der Waals surface area contributed by atoms with Crippen LogP contribution in [0.5, 0.6) is 0 Å². The Morgan fingerprint density at radius 1 is 0.435 bits per heavy atom. The van der Waals surface area contributed by atoms with Crippen molar-refractivity contribution in [1.29, 1.82) is 0 Å². The summed E-state index contributed by atoms with van der Waals surface area (Å²) in [6, 6.07) is 12.0. The van der Waals surface area contributed by atoms with Gasteiger partial charge in [0.2, 0.25) is 0 Å². The van der Waals surface area contributed by atoms with Crippen molar-refractivity contribution in [3.63, 3.8) is 0 Å². The molecule has 0 aromatic heterocycles. The van der Waals surface area contributed by atoms with Crippen LogP contribution in [0.15, 0.2) is 36.4 Å². The lowest BCUT2D eigenvalue weighted by Crippen LogP contribution is -1.84. The second-order valence-electron chi connectivity index (χ2n) is 6.47. The number of benzene rings is 1. The largest absolute Gasteiger partial charge is 0.396 e. The Balaban J connectivity index is 0.000000664. The number of aliphatic hydroxyl groups is 1. The minimum atomic E-state index is 0.373. The molecule has 0 bridgehead atoms. The Hall–Kier alpha value is -0.820. The molecule has 0 unspecified atom stereocenters. The second kappa shape index (κ2) is 21.2. The maximum atomic E-state index is 8.64. The fourth-order valence-corrected chi connectivity index (χ4v) is 2.69. The third kappa shape index (κ3) is 21.2. The van der Waals surface area contributed by atoms with E-state index in [-0.39, 0.29) is 0 Å². The highest BCUT2D eigenvalue weighted by Gasteiger charge is 1.93. The summed E-state index contributed by atoms with van der Waals surface area (Å²) in [4.78, 5) is 0. The number of aliphatic hydroxyl groups excluding tert-OH is 1. The van der Waals surface area contributed by atoms with Gasteiger partial charge < -0.3 is 5.11 Å². The molecule has 1 N–H and O–H groups in total. The second-order valence-corrected chi connectivity index (χ2v) is 6.47. The summed E-state index contributed by atoms with van der Waals surface area (Å²) < 4.78 is 0. The Bertz CT molecular complexity index is 243. The lowest BCUT2D eigenvalue weighted by atomic mass is 10.0. The van der Waals surface area contributed by atoms with E-state index in [0.717, 1.165) is 6.42 Å². The molecule has 1 aromatic carbocycles. The van der Waals surface area contributed by atoms with Gasteiger partial charge in [0.25, 0.3) is 0 Å². The Kier molecular flexibility index (Phi) is 20.4. The molecule has 0 aliphatic heterocycles. The molecule has 1 heteroatoms. The van der Waals surface area contributed by atoms with Gasteiger partial charge in [-0.3, -0.25) is 0 Å². The van der Waals surface area contributed by atoms with Crippen molar-refractivity contribution in [1.82, 2.24) is 0 Å². The van der Waals surface area contributed by atoms with Crippen LogP contribution >= 0.6 is 0 Å². The highest BCUT2D eigenvalue weighted by Crippen LogP contribution is 2.12. The summed E-state index contributed by atoms with van der Waals surface area (Å²) in [5.41, 5.74) is 0. The zero-order valence-electron chi connectivity index (χ0n) is 15.5. The van der Waals surface area contributed by atoms with Gasteiger partial charge in [-0.05, 0) is 6.42 Å². The Morgan fingerprint density at radius 3 is 0.957 bits per heavy atom. The number of hydrogen-bond acceptors (Lipinski definition) is 1. The molecular weight excluding hydrogens is 280 g/mol. The molecule has 0 radical (unpaired) electrons. The minimum absolute atomic E-state index is 0.373. The average Bonchev–Trinajstić information content (AvgIpc) is 2.61. The van der Waals surface area contributed by atoms with Crippen molar-refractivity contribution in [2.75, 3.05) is 6.61 Å². The smallest absolute Gasteiger partial charge is 0.0431 e. The van der Waals surface area contributed by atoms with Gasteiger partial charge in [0.1, 0.15) is 0 Å². The summed E-state index contributed by atoms with van der Waals surface area (Å²) in [7, 11) is 0. The topological polar surface area (TPSA) is 20.2 Å². The van der Waals surface area contributed by atoms with Crippen LogP contribution < -0.4 is 0 Å². The summed E-state index contributed by atoms with van der Waals surface area (Å²) in [6.07, 6.45) is 19.2. The molecule has 0 spiro atoms. The number of unbranched alkanes of at least 4 members (excludes halogenated alkanes) is 13. The molecule has 1 nitrogen and oxygen atoms in total. The van der Waals surface area contributed by atoms with Crippen molar-refractivity contribution in [2.45, 2.75) is 96.8 Å². The van der Waals surface area contributed by atoms with Gasteiger partial charge in [-0.2, -0.15) is 0 Å². The van der Waals surface area contributed by atoms with Gasteiger partial charge in [0, 0.05) is 6.61 Å². The fourth-order valence-electron chi connectivity index (χ4n) is 2.69. The molecule has 23 heavy (non-hydrogen) atoms. The molecule has 0 heterocycles. The average molecular weight is 321 g/mol. The first-order valence-corrected chi connectivity index (χ1v) is 10.0. The fraction of sp³-hybridized carbons (Fsp3) is 0.727. The van der Waals surface area contributed by atoms with Crippen molar-refractivity contribution >= 4 is 0 Å². The maximum absolute atomic E-state index is 8.64. The first-order valence-electron chi connectivity index (χ1n) is 10.0. The summed E-state index contributed by atoms with van der Waals surface area (Å²) in [6.45, 7) is 2.65. The lowest BCUT2D eigenvalue weighted by Gasteiger charge is -2.02. The van der Waals surface area contributed by atoms with Crippen LogP contribution in [0.4, 0.5) is 0 Å². The van der Waals surface area contributed by atoms with E-state index in [2.05, 4.69) is 6.92 Å². The Labute approximate surface area is 145 Å². The molecular formula is C22H40O. The van der Waals surface area contributed by atoms with E-state index in [4.69, 9.17) is 5.11 Å². The predicted octanol–water partition coefficient (Wildman–Crippen LogP) is 7.15. The van der Waals surface area contributed by atoms with Crippen molar-refractivity contribution in [3.8, 4) is 0 Å². The molecule has 0 aliphatic carbocycles. The van der Waals surface area contributed by atoms with Gasteiger partial charge in [0.15, 0.2) is 0 Å². The van der Waals surface area contributed by atoms with Crippen molar-refractivity contribution < 1.29 is 5.11 Å². The highest BCUT2D eigenvalue weighted by atomic mass is 16.2. The van der Waals surface area contributed by atoms with E-state index in [0.29, 0.717) is 6.61 Å². The summed E-state index contributed by atoms with van der Waals surface area (Å²) in [5.74, 6) is 0. The number of rotatable bonds is 14. The molecule has 0 amide bonds. The maximum Gasteiger partial charge on any atom is 0.0431 e. The van der Waals surface area contributed by atoms with Crippen LogP contribution in [0.25, 0.3) is 0 Å². The van der Waals surface area contributed by atoms with Crippen LogP contribution in [-0.2, 0) is 0 Å². The monoisotopic (exact) mass is 320 g/mol. The van der Waals surface area contributed by atoms with Crippen LogP contribution in [-0.4, -0.2) is 11.7 Å². The molecule has 1 aromatic rings. The van der Waals surface area contributed by atoms with Crippen LogP contribution in [0.2, 0.25) is 0 Å². The molecule has 0 saturated carbocycles. The van der Waals surface area contributed by atoms with Crippen LogP contribution in [0.3, 0.4) is 0 Å². The molecule has 0 saturated heterocycles. The van der Waals surface area contributed by atoms with Gasteiger partial charge in [0.05, 0.1) is 0 Å². The summed E-state index contributed by atoms with van der Waals surface area (Å²) >= 11 is 0. The van der Waals surface area contributed by atoms with Crippen LogP contribution in [0, 0.1) is 0 Å². The minimum Gasteiger partial charge on any atom is -0.396 e. The zero-order valence-corrected chi connectivity index (χ0v) is 15.5. The van der Waals surface area contributed by atoms with E-state index in [1.54, 1.807) is 0 Å². The first kappa shape index (κ1) is 22.2. The quantitative estimate of drug-likeness (QED) is 0.361. The zero-order chi connectivity index (χ0) is 16.8. The van der Waals surface area contributed by atoms with E-state index in [9.17, 15) is 0 Å². The SMILES string of the molecule is CCCCCCCCCCCCCCCCO.c1ccccc1. The van der Waals surface area contributed by atoms with E-state index in [1.807, 2.05) is 36.4 Å². The third-order valence-electron chi connectivity index (χ3n) is 4.18. The van der Waals surface area contributed by atoms with Gasteiger partial charge in [-0.1, -0.05) is 127 Å². The first-order chi connectivity index (χ1) is 11.4. The van der Waals surface area contributed by atoms with E-state index >= 15 is 0 Å². The number of hydrogen-bond donors (Lipinski definition) is 1. The molecule has 134 valence electrons. The molecule has 1 rings (SSSR count). The molecule has 0 fully saturated rings.